The van der Waals surface area contributed by atoms with Gasteiger partial charge in [-0.1, -0.05) is 23.7 Å². The molecular weight excluding hydrogens is 400 g/mol. The summed E-state index contributed by atoms with van der Waals surface area (Å²) in [6.07, 6.45) is 6.72. The van der Waals surface area contributed by atoms with Gasteiger partial charge in [-0.15, -0.1) is 5.10 Å². The van der Waals surface area contributed by atoms with Gasteiger partial charge in [0.05, 0.1) is 16.0 Å². The molecule has 0 aliphatic heterocycles. The Labute approximate surface area is 178 Å². The van der Waals surface area contributed by atoms with E-state index in [-0.39, 0.29) is 17.6 Å². The molecule has 1 aliphatic rings. The van der Waals surface area contributed by atoms with E-state index in [0.29, 0.717) is 22.8 Å². The van der Waals surface area contributed by atoms with Crippen LogP contribution >= 0.6 is 11.6 Å². The van der Waals surface area contributed by atoms with Crippen molar-refractivity contribution in [1.29, 1.82) is 0 Å². The van der Waals surface area contributed by atoms with Gasteiger partial charge in [0.25, 0.3) is 5.56 Å². The maximum absolute atomic E-state index is 13.4. The van der Waals surface area contributed by atoms with Crippen LogP contribution < -0.4 is 16.6 Å². The number of nitrogens with two attached hydrogens (primary N) is 1. The molecule has 1 unspecified atom stereocenters. The summed E-state index contributed by atoms with van der Waals surface area (Å²) in [6.45, 7) is 2.57. The topological polar surface area (TPSA) is 90.2 Å². The highest BCUT2D eigenvalue weighted by Crippen LogP contribution is 2.34. The Kier molecular flexibility index (Phi) is 4.72. The number of nitrogens with zero attached hydrogens (tertiary/aromatic N) is 4. The van der Waals surface area contributed by atoms with Crippen LogP contribution in [-0.4, -0.2) is 19.2 Å². The zero-order chi connectivity index (χ0) is 20.8. The molecule has 3 aromatic heterocycles. The second-order valence-electron chi connectivity index (χ2n) is 7.89. The van der Waals surface area contributed by atoms with Crippen molar-refractivity contribution < 1.29 is 0 Å². The predicted octanol–water partition coefficient (Wildman–Crippen LogP) is 3.86. The monoisotopic (exact) mass is 422 g/mol. The molecule has 3 N–H and O–H groups in total. The minimum atomic E-state index is -0.0697. The first-order valence-corrected chi connectivity index (χ1v) is 10.6. The number of halogens is 1. The first-order valence-electron chi connectivity index (χ1n) is 10.2. The first-order chi connectivity index (χ1) is 14.5. The van der Waals surface area contributed by atoms with Gasteiger partial charge in [-0.2, -0.15) is 0 Å². The first kappa shape index (κ1) is 19.1. The van der Waals surface area contributed by atoms with Crippen LogP contribution in [0.1, 0.15) is 49.5 Å². The minimum Gasteiger partial charge on any atom is -0.382 e. The number of nitrogens with one attached hydrogen (secondary N) is 1. The maximum Gasteiger partial charge on any atom is 0.260 e. The van der Waals surface area contributed by atoms with Crippen molar-refractivity contribution >= 4 is 33.8 Å². The van der Waals surface area contributed by atoms with Crippen molar-refractivity contribution in [3.05, 3.63) is 69.4 Å². The molecule has 0 saturated heterocycles. The molecule has 0 radical (unpaired) electrons. The highest BCUT2D eigenvalue weighted by molar-refractivity contribution is 6.35. The fourth-order valence-electron chi connectivity index (χ4n) is 4.19. The van der Waals surface area contributed by atoms with Crippen LogP contribution in [0.2, 0.25) is 5.02 Å². The molecule has 0 bridgehead atoms. The van der Waals surface area contributed by atoms with Crippen molar-refractivity contribution in [1.82, 2.24) is 24.5 Å². The molecule has 154 valence electrons. The standard InChI is InChI=1S/C22H23ClN6O/c1-13(26-12-16-20(24)27-28-10-4-9-25-21(16)28)18-11-14-5-2-8-17(23)19(14)22(30)29(18)15-6-3-7-15/h2,4-5,8-11,13,15,26H,3,6-7,12H2,1H3,(H2,24,27). The number of aromatic nitrogens is 4. The molecule has 1 aliphatic carbocycles. The van der Waals surface area contributed by atoms with E-state index in [2.05, 4.69) is 28.4 Å². The molecule has 1 atom stereocenters. The molecule has 1 saturated carbocycles. The van der Waals surface area contributed by atoms with E-state index >= 15 is 0 Å². The fraction of sp³-hybridized carbons (Fsp3) is 0.318. The van der Waals surface area contributed by atoms with E-state index in [9.17, 15) is 4.79 Å². The molecule has 4 aromatic rings. The van der Waals surface area contributed by atoms with Crippen LogP contribution in [0.15, 0.2) is 47.5 Å². The summed E-state index contributed by atoms with van der Waals surface area (Å²) >= 11 is 6.37. The van der Waals surface area contributed by atoms with E-state index in [1.165, 1.54) is 0 Å². The lowest BCUT2D eigenvalue weighted by molar-refractivity contribution is 0.293. The Hall–Kier alpha value is -2.90. The van der Waals surface area contributed by atoms with Crippen LogP contribution in [0.3, 0.4) is 0 Å². The second-order valence-corrected chi connectivity index (χ2v) is 8.29. The van der Waals surface area contributed by atoms with Gasteiger partial charge < -0.3 is 15.6 Å². The summed E-state index contributed by atoms with van der Waals surface area (Å²) < 4.78 is 3.62. The van der Waals surface area contributed by atoms with Gasteiger partial charge in [0.1, 0.15) is 0 Å². The zero-order valence-electron chi connectivity index (χ0n) is 16.7. The predicted molar refractivity (Wildman–Crippen MR) is 119 cm³/mol. The van der Waals surface area contributed by atoms with E-state index in [0.717, 1.165) is 41.6 Å². The van der Waals surface area contributed by atoms with Crippen molar-refractivity contribution in [2.24, 2.45) is 0 Å². The van der Waals surface area contributed by atoms with Gasteiger partial charge in [0.15, 0.2) is 11.5 Å². The Morgan fingerprint density at radius 1 is 1.33 bits per heavy atom. The van der Waals surface area contributed by atoms with E-state index < -0.39 is 0 Å². The summed E-state index contributed by atoms with van der Waals surface area (Å²) in [5.41, 5.74) is 8.65. The quantitative estimate of drug-likeness (QED) is 0.509. The van der Waals surface area contributed by atoms with E-state index in [1.807, 2.05) is 29.0 Å². The molecule has 8 heteroatoms. The number of hydrogen-bond donors (Lipinski definition) is 2. The summed E-state index contributed by atoms with van der Waals surface area (Å²) in [4.78, 5) is 17.8. The van der Waals surface area contributed by atoms with Gasteiger partial charge in [-0.25, -0.2) is 9.50 Å². The SMILES string of the molecule is CC(NCc1c(N)nn2cccnc12)c1cc2cccc(Cl)c2c(=O)n1C1CCC1. The summed E-state index contributed by atoms with van der Waals surface area (Å²) in [7, 11) is 0. The van der Waals surface area contributed by atoms with Gasteiger partial charge in [-0.05, 0) is 49.8 Å². The maximum atomic E-state index is 13.4. The average Bonchev–Trinajstić information content (AvgIpc) is 3.01. The van der Waals surface area contributed by atoms with Crippen molar-refractivity contribution in [2.45, 2.75) is 44.8 Å². The third-order valence-electron chi connectivity index (χ3n) is 6.05. The molecule has 3 heterocycles. The largest absolute Gasteiger partial charge is 0.382 e. The lowest BCUT2D eigenvalue weighted by Gasteiger charge is -2.32. The molecule has 1 fully saturated rings. The highest BCUT2D eigenvalue weighted by Gasteiger charge is 2.26. The summed E-state index contributed by atoms with van der Waals surface area (Å²) in [6, 6.07) is 9.65. The second kappa shape index (κ2) is 7.41. The Bertz CT molecular complexity index is 1310. The lowest BCUT2D eigenvalue weighted by atomic mass is 9.91. The van der Waals surface area contributed by atoms with Crippen LogP contribution in [0.5, 0.6) is 0 Å². The van der Waals surface area contributed by atoms with Gasteiger partial charge >= 0.3 is 0 Å². The third kappa shape index (κ3) is 3.05. The molecule has 0 spiro atoms. The Morgan fingerprint density at radius 3 is 2.93 bits per heavy atom. The smallest absolute Gasteiger partial charge is 0.260 e. The Morgan fingerprint density at radius 2 is 2.17 bits per heavy atom. The zero-order valence-corrected chi connectivity index (χ0v) is 17.4. The fourth-order valence-corrected chi connectivity index (χ4v) is 4.45. The minimum absolute atomic E-state index is 0.0105. The van der Waals surface area contributed by atoms with Crippen molar-refractivity contribution in [3.8, 4) is 0 Å². The number of hydrogen-bond acceptors (Lipinski definition) is 5. The van der Waals surface area contributed by atoms with Crippen LogP contribution in [0.4, 0.5) is 5.82 Å². The average molecular weight is 423 g/mol. The Balaban J connectivity index is 1.53. The van der Waals surface area contributed by atoms with Gasteiger partial charge in [-0.3, -0.25) is 4.79 Å². The highest BCUT2D eigenvalue weighted by atomic mass is 35.5. The van der Waals surface area contributed by atoms with Crippen LogP contribution in [0, 0.1) is 0 Å². The van der Waals surface area contributed by atoms with Gasteiger partial charge in [0, 0.05) is 36.7 Å². The number of fused-ring (bicyclic) bond motifs is 2. The van der Waals surface area contributed by atoms with Crippen LogP contribution in [-0.2, 0) is 6.54 Å². The number of anilines is 1. The molecular formula is C22H23ClN6O. The number of rotatable bonds is 5. The summed E-state index contributed by atoms with van der Waals surface area (Å²) in [5.74, 6) is 0.454. The van der Waals surface area contributed by atoms with Crippen molar-refractivity contribution in [2.75, 3.05) is 5.73 Å². The normalized spacial score (nSPS) is 15.5. The molecule has 1 aromatic carbocycles. The van der Waals surface area contributed by atoms with E-state index in [1.54, 1.807) is 16.8 Å². The number of nitrogen functional groups attached to an aromatic ring is 1. The van der Waals surface area contributed by atoms with Gasteiger partial charge in [0.2, 0.25) is 0 Å². The number of pyridine rings is 1. The molecule has 5 rings (SSSR count). The summed E-state index contributed by atoms with van der Waals surface area (Å²) in [5, 5.41) is 9.80. The van der Waals surface area contributed by atoms with Crippen molar-refractivity contribution in [3.63, 3.8) is 0 Å². The molecule has 0 amide bonds. The van der Waals surface area contributed by atoms with E-state index in [4.69, 9.17) is 17.3 Å². The lowest BCUT2D eigenvalue weighted by Crippen LogP contribution is -2.34. The van der Waals surface area contributed by atoms with Crippen LogP contribution in [0.25, 0.3) is 16.4 Å². The third-order valence-corrected chi connectivity index (χ3v) is 6.37. The molecule has 30 heavy (non-hydrogen) atoms. The number of benzene rings is 1. The molecule has 7 nitrogen and oxygen atoms in total.